The van der Waals surface area contributed by atoms with Crippen molar-refractivity contribution in [2.45, 2.75) is 47.0 Å². The van der Waals surface area contributed by atoms with Gasteiger partial charge in [-0.1, -0.05) is 130 Å². The summed E-state index contributed by atoms with van der Waals surface area (Å²) >= 11 is 0. The number of fused-ring (bicyclic) bond motifs is 4. The van der Waals surface area contributed by atoms with Crippen molar-refractivity contribution >= 4 is 55.9 Å². The van der Waals surface area contributed by atoms with Crippen LogP contribution in [0.5, 0.6) is 0 Å². The maximum atomic E-state index is 6.49. The molecule has 0 bridgehead atoms. The van der Waals surface area contributed by atoms with Gasteiger partial charge in [0.1, 0.15) is 11.2 Å². The van der Waals surface area contributed by atoms with Crippen molar-refractivity contribution in [1.82, 2.24) is 4.57 Å². The number of furan rings is 1. The van der Waals surface area contributed by atoms with Gasteiger partial charge in [0.2, 0.25) is 0 Å². The number of nitrogens with zero attached hydrogens (tertiary/aromatic N) is 2. The van der Waals surface area contributed by atoms with Crippen LogP contribution in [-0.2, 0) is 0 Å². The Morgan fingerprint density at radius 1 is 0.692 bits per heavy atom. The Morgan fingerprint density at radius 3 is 2.10 bits per heavy atom. The number of aromatic nitrogens is 1. The predicted molar refractivity (Wildman–Crippen MR) is 223 cm³/mol. The maximum Gasteiger partial charge on any atom is 0.135 e. The van der Waals surface area contributed by atoms with Crippen LogP contribution in [0, 0.1) is 0 Å². The molecule has 9 rings (SSSR count). The van der Waals surface area contributed by atoms with Gasteiger partial charge >= 0.3 is 0 Å². The van der Waals surface area contributed by atoms with Crippen molar-refractivity contribution in [2.24, 2.45) is 5.73 Å². The van der Waals surface area contributed by atoms with Crippen LogP contribution >= 0.6 is 0 Å². The normalized spacial score (nSPS) is 15.4. The van der Waals surface area contributed by atoms with E-state index in [1.165, 1.54) is 49.7 Å². The molecule has 0 spiro atoms. The standard InChI is InChI=1S/C44H35N3O.2C2H6/c1-46(33-23-24-42-37(27-33)34-18-9-11-22-41(34)48-42)39-21-12-15-30-25-31(26-36(30)43(39)29-13-4-2-5-14-29)44-35-19-8-10-20-38(35)47(40(44)28-45)32-16-6-3-7-17-32;2*1-2/h2-20,22-24,27-28H,21,25-26,45H2,1H3;2*1-2H3/b40-28+,44-31+;;. The summed E-state index contributed by atoms with van der Waals surface area (Å²) in [6.45, 7) is 8.00. The Bertz CT molecular complexity index is 2600. The lowest BCUT2D eigenvalue weighted by molar-refractivity contribution is 0.669. The van der Waals surface area contributed by atoms with E-state index in [0.717, 1.165) is 57.9 Å². The third-order valence-corrected chi connectivity index (χ3v) is 10.1. The highest BCUT2D eigenvalue weighted by Crippen LogP contribution is 2.45. The van der Waals surface area contributed by atoms with Crippen LogP contribution in [0.15, 0.2) is 161 Å². The van der Waals surface area contributed by atoms with Crippen molar-refractivity contribution in [2.75, 3.05) is 11.9 Å². The Labute approximate surface area is 306 Å². The molecule has 2 aromatic heterocycles. The van der Waals surface area contributed by atoms with Gasteiger partial charge in [0.05, 0.1) is 10.9 Å². The Hall–Kier alpha value is -6.00. The molecule has 0 radical (unpaired) electrons. The highest BCUT2D eigenvalue weighted by Gasteiger charge is 2.28. The summed E-state index contributed by atoms with van der Waals surface area (Å²) in [4.78, 5) is 2.38. The average molecular weight is 682 g/mol. The number of nitrogens with two attached hydrogens (primary N) is 1. The van der Waals surface area contributed by atoms with Crippen LogP contribution < -0.4 is 21.2 Å². The highest BCUT2D eigenvalue weighted by atomic mass is 16.3. The molecule has 52 heavy (non-hydrogen) atoms. The van der Waals surface area contributed by atoms with Crippen LogP contribution in [-0.4, -0.2) is 11.6 Å². The molecule has 0 amide bonds. The molecule has 7 aromatic rings. The molecule has 0 atom stereocenters. The number of hydrogen-bond donors (Lipinski definition) is 1. The van der Waals surface area contributed by atoms with E-state index in [0.29, 0.717) is 0 Å². The first-order valence-corrected chi connectivity index (χ1v) is 18.6. The van der Waals surface area contributed by atoms with E-state index < -0.39 is 0 Å². The number of allylic oxidation sites excluding steroid dienone is 5. The minimum atomic E-state index is 0.836. The van der Waals surface area contributed by atoms with Crippen LogP contribution in [0.4, 0.5) is 5.69 Å². The van der Waals surface area contributed by atoms with Gasteiger partial charge in [0.25, 0.3) is 0 Å². The van der Waals surface area contributed by atoms with Crippen molar-refractivity contribution < 1.29 is 4.42 Å². The summed E-state index contributed by atoms with van der Waals surface area (Å²) in [5.41, 5.74) is 19.8. The molecule has 2 N–H and O–H groups in total. The average Bonchev–Trinajstić information content (AvgIpc) is 3.87. The van der Waals surface area contributed by atoms with Gasteiger partial charge < -0.3 is 19.6 Å². The predicted octanol–water partition coefficient (Wildman–Crippen LogP) is 11.0. The number of para-hydroxylation sites is 3. The van der Waals surface area contributed by atoms with Crippen molar-refractivity contribution in [1.29, 1.82) is 0 Å². The molecule has 0 saturated carbocycles. The molecule has 0 aliphatic heterocycles. The molecule has 4 nitrogen and oxygen atoms in total. The van der Waals surface area contributed by atoms with E-state index in [1.807, 2.05) is 39.8 Å². The fraction of sp³-hybridized carbons (Fsp3) is 0.167. The summed E-state index contributed by atoms with van der Waals surface area (Å²) in [7, 11) is 2.20. The van der Waals surface area contributed by atoms with Gasteiger partial charge in [0, 0.05) is 63.7 Å². The number of hydrogen-bond acceptors (Lipinski definition) is 3. The van der Waals surface area contributed by atoms with Crippen LogP contribution in [0.25, 0.3) is 55.9 Å². The lowest BCUT2D eigenvalue weighted by Gasteiger charge is -2.26. The summed E-state index contributed by atoms with van der Waals surface area (Å²) in [6.07, 6.45) is 9.07. The third kappa shape index (κ3) is 5.94. The van der Waals surface area contributed by atoms with E-state index in [-0.39, 0.29) is 0 Å². The maximum absolute atomic E-state index is 6.49. The molecule has 0 unspecified atom stereocenters. The van der Waals surface area contributed by atoms with Gasteiger partial charge in [-0.2, -0.15) is 0 Å². The zero-order valence-electron chi connectivity index (χ0n) is 30.9. The molecule has 0 saturated heterocycles. The topological polar surface area (TPSA) is 47.3 Å². The molecule has 2 heterocycles. The third-order valence-electron chi connectivity index (χ3n) is 10.1. The van der Waals surface area contributed by atoms with Gasteiger partial charge in [-0.15, -0.1) is 0 Å². The van der Waals surface area contributed by atoms with Crippen molar-refractivity contribution in [3.8, 4) is 5.69 Å². The van der Waals surface area contributed by atoms with Crippen LogP contribution in [0.3, 0.4) is 0 Å². The second-order valence-electron chi connectivity index (χ2n) is 12.7. The minimum Gasteiger partial charge on any atom is -0.456 e. The number of rotatable bonds is 4. The zero-order chi connectivity index (χ0) is 36.2. The molecule has 260 valence electrons. The Morgan fingerprint density at radius 2 is 1.35 bits per heavy atom. The second-order valence-corrected chi connectivity index (χ2v) is 12.7. The van der Waals surface area contributed by atoms with E-state index >= 15 is 0 Å². The van der Waals surface area contributed by atoms with E-state index in [1.54, 1.807) is 6.20 Å². The summed E-state index contributed by atoms with van der Waals surface area (Å²) in [5, 5.41) is 5.80. The Kier molecular flexibility index (Phi) is 9.99. The first kappa shape index (κ1) is 34.4. The fourth-order valence-electron chi connectivity index (χ4n) is 7.87. The zero-order valence-corrected chi connectivity index (χ0v) is 30.9. The van der Waals surface area contributed by atoms with E-state index in [4.69, 9.17) is 10.2 Å². The fourth-order valence-corrected chi connectivity index (χ4v) is 7.87. The van der Waals surface area contributed by atoms with E-state index in [2.05, 4.69) is 144 Å². The van der Waals surface area contributed by atoms with Crippen LogP contribution in [0.2, 0.25) is 0 Å². The monoisotopic (exact) mass is 681 g/mol. The molecule has 2 aliphatic rings. The van der Waals surface area contributed by atoms with E-state index in [9.17, 15) is 0 Å². The molecule has 0 fully saturated rings. The Balaban J connectivity index is 0.00000102. The first-order valence-electron chi connectivity index (χ1n) is 18.6. The quantitative estimate of drug-likeness (QED) is 0.201. The lowest BCUT2D eigenvalue weighted by atomic mass is 9.92. The minimum absolute atomic E-state index is 0.836. The van der Waals surface area contributed by atoms with Crippen LogP contribution in [0.1, 0.15) is 52.5 Å². The summed E-state index contributed by atoms with van der Waals surface area (Å²) in [5.74, 6) is 0. The number of anilines is 1. The molecule has 4 heteroatoms. The smallest absolute Gasteiger partial charge is 0.135 e. The number of benzene rings is 5. The van der Waals surface area contributed by atoms with Gasteiger partial charge in [-0.3, -0.25) is 0 Å². The lowest BCUT2D eigenvalue weighted by Crippen LogP contribution is -2.31. The first-order chi connectivity index (χ1) is 25.7. The van der Waals surface area contributed by atoms with Gasteiger partial charge in [-0.25, -0.2) is 0 Å². The SMILES string of the molecule is CC.CC.CN(C1=C(c2ccccc2)C2=C(C=CC1)C/C(=c1\c(=C/N)n(-c3ccccc3)c3ccccc13)C2)c1ccc2oc3ccccc3c2c1. The molecular weight excluding hydrogens is 635 g/mol. The largest absolute Gasteiger partial charge is 0.456 e. The molecule has 5 aromatic carbocycles. The van der Waals surface area contributed by atoms with Gasteiger partial charge in [-0.05, 0) is 72.0 Å². The summed E-state index contributed by atoms with van der Waals surface area (Å²) in [6, 6.07) is 45.0. The van der Waals surface area contributed by atoms with Gasteiger partial charge in [0.15, 0.2) is 0 Å². The molecular formula is C48H47N3O. The summed E-state index contributed by atoms with van der Waals surface area (Å²) < 4.78 is 8.47. The van der Waals surface area contributed by atoms with Crippen molar-refractivity contribution in [3.05, 3.63) is 173 Å². The highest BCUT2D eigenvalue weighted by molar-refractivity contribution is 6.06. The second kappa shape index (κ2) is 15.1. The molecule has 2 aliphatic carbocycles. The van der Waals surface area contributed by atoms with Crippen molar-refractivity contribution in [3.63, 3.8) is 0 Å².